The van der Waals surface area contributed by atoms with Crippen LogP contribution in [0.4, 0.5) is 0 Å². The van der Waals surface area contributed by atoms with E-state index < -0.39 is 0 Å². The van der Waals surface area contributed by atoms with E-state index in [1.165, 1.54) is 17.7 Å². The van der Waals surface area contributed by atoms with Gasteiger partial charge in [0.15, 0.2) is 0 Å². The molecule has 74 valence electrons. The first-order chi connectivity index (χ1) is 6.33. The first-order valence-corrected chi connectivity index (χ1v) is 5.01. The Morgan fingerprint density at radius 3 is 2.77 bits per heavy atom. The van der Waals surface area contributed by atoms with E-state index in [9.17, 15) is 0 Å². The SMILES string of the molecule is CCCc1c(CNC)cnn1CC. The van der Waals surface area contributed by atoms with Crippen LogP contribution < -0.4 is 5.32 Å². The van der Waals surface area contributed by atoms with Crippen LogP contribution >= 0.6 is 0 Å². The Balaban J connectivity index is 2.85. The monoisotopic (exact) mass is 181 g/mol. The Hall–Kier alpha value is -0.830. The van der Waals surface area contributed by atoms with Gasteiger partial charge in [0, 0.05) is 24.3 Å². The molecule has 1 rings (SSSR count). The third kappa shape index (κ3) is 2.31. The predicted octanol–water partition coefficient (Wildman–Crippen LogP) is 1.57. The van der Waals surface area contributed by atoms with Crippen molar-refractivity contribution in [3.63, 3.8) is 0 Å². The maximum atomic E-state index is 4.35. The number of hydrogen-bond acceptors (Lipinski definition) is 2. The van der Waals surface area contributed by atoms with Gasteiger partial charge in [-0.1, -0.05) is 13.3 Å². The topological polar surface area (TPSA) is 29.9 Å². The van der Waals surface area contributed by atoms with Gasteiger partial charge in [0.05, 0.1) is 6.20 Å². The molecule has 0 aliphatic carbocycles. The summed E-state index contributed by atoms with van der Waals surface area (Å²) in [5.41, 5.74) is 2.73. The Morgan fingerprint density at radius 2 is 2.23 bits per heavy atom. The van der Waals surface area contributed by atoms with Gasteiger partial charge >= 0.3 is 0 Å². The number of rotatable bonds is 5. The van der Waals surface area contributed by atoms with E-state index in [1.54, 1.807) is 0 Å². The van der Waals surface area contributed by atoms with Crippen LogP contribution in [0.15, 0.2) is 6.20 Å². The van der Waals surface area contributed by atoms with Crippen molar-refractivity contribution < 1.29 is 0 Å². The van der Waals surface area contributed by atoms with E-state index in [0.717, 1.165) is 19.5 Å². The molecule has 1 heterocycles. The molecule has 0 aliphatic rings. The van der Waals surface area contributed by atoms with E-state index in [4.69, 9.17) is 0 Å². The van der Waals surface area contributed by atoms with Crippen molar-refractivity contribution in [2.24, 2.45) is 0 Å². The van der Waals surface area contributed by atoms with Crippen LogP contribution in [-0.4, -0.2) is 16.8 Å². The average Bonchev–Trinajstić information content (AvgIpc) is 2.50. The summed E-state index contributed by atoms with van der Waals surface area (Å²) in [6.07, 6.45) is 4.29. The Bertz CT molecular complexity index is 253. The quantitative estimate of drug-likeness (QED) is 0.747. The van der Waals surface area contributed by atoms with Gasteiger partial charge < -0.3 is 5.32 Å². The largest absolute Gasteiger partial charge is 0.316 e. The standard InChI is InChI=1S/C10H19N3/c1-4-6-10-9(7-11-3)8-12-13(10)5-2/h8,11H,4-7H2,1-3H3. The molecule has 3 heteroatoms. The van der Waals surface area contributed by atoms with Crippen LogP contribution in [0.25, 0.3) is 0 Å². The summed E-state index contributed by atoms with van der Waals surface area (Å²) in [6, 6.07) is 0. The number of aromatic nitrogens is 2. The van der Waals surface area contributed by atoms with Gasteiger partial charge in [-0.05, 0) is 20.4 Å². The minimum Gasteiger partial charge on any atom is -0.316 e. The van der Waals surface area contributed by atoms with Gasteiger partial charge in [0.25, 0.3) is 0 Å². The minimum absolute atomic E-state index is 0.926. The lowest BCUT2D eigenvalue weighted by Crippen LogP contribution is -2.09. The van der Waals surface area contributed by atoms with Gasteiger partial charge in [-0.15, -0.1) is 0 Å². The molecule has 1 aromatic rings. The van der Waals surface area contributed by atoms with Gasteiger partial charge in [0.2, 0.25) is 0 Å². The number of nitrogens with zero attached hydrogens (tertiary/aromatic N) is 2. The third-order valence-corrected chi connectivity index (χ3v) is 2.19. The molecule has 0 radical (unpaired) electrons. The second-order valence-corrected chi connectivity index (χ2v) is 3.21. The highest BCUT2D eigenvalue weighted by atomic mass is 15.3. The Morgan fingerprint density at radius 1 is 1.46 bits per heavy atom. The first kappa shape index (κ1) is 10.3. The molecule has 0 spiro atoms. The summed E-state index contributed by atoms with van der Waals surface area (Å²) in [6.45, 7) is 6.24. The molecule has 0 amide bonds. The van der Waals surface area contributed by atoms with E-state index in [2.05, 4.69) is 28.9 Å². The number of nitrogens with one attached hydrogen (secondary N) is 1. The Labute approximate surface area is 80.1 Å². The molecular weight excluding hydrogens is 162 g/mol. The summed E-state index contributed by atoms with van der Waals surface area (Å²) in [5.74, 6) is 0. The highest BCUT2D eigenvalue weighted by molar-refractivity contribution is 5.17. The van der Waals surface area contributed by atoms with Gasteiger partial charge in [0.1, 0.15) is 0 Å². The maximum Gasteiger partial charge on any atom is 0.0537 e. The summed E-state index contributed by atoms with van der Waals surface area (Å²) < 4.78 is 2.09. The highest BCUT2D eigenvalue weighted by Gasteiger charge is 2.07. The molecule has 0 saturated heterocycles. The zero-order valence-electron chi connectivity index (χ0n) is 8.80. The molecule has 1 N–H and O–H groups in total. The van der Waals surface area contributed by atoms with Crippen molar-refractivity contribution in [1.82, 2.24) is 15.1 Å². The fourth-order valence-electron chi connectivity index (χ4n) is 1.59. The zero-order chi connectivity index (χ0) is 9.68. The highest BCUT2D eigenvalue weighted by Crippen LogP contribution is 2.10. The smallest absolute Gasteiger partial charge is 0.0537 e. The summed E-state index contributed by atoms with van der Waals surface area (Å²) in [7, 11) is 1.97. The molecular formula is C10H19N3. The lowest BCUT2D eigenvalue weighted by molar-refractivity contribution is 0.611. The van der Waals surface area contributed by atoms with Crippen LogP contribution in [0.3, 0.4) is 0 Å². The van der Waals surface area contributed by atoms with Crippen LogP contribution in [-0.2, 0) is 19.5 Å². The zero-order valence-corrected chi connectivity index (χ0v) is 8.80. The maximum absolute atomic E-state index is 4.35. The van der Waals surface area contributed by atoms with Crippen molar-refractivity contribution in [2.75, 3.05) is 7.05 Å². The van der Waals surface area contributed by atoms with Crippen LogP contribution in [0, 0.1) is 0 Å². The van der Waals surface area contributed by atoms with E-state index >= 15 is 0 Å². The van der Waals surface area contributed by atoms with Gasteiger partial charge in [-0.3, -0.25) is 4.68 Å². The fraction of sp³-hybridized carbons (Fsp3) is 0.700. The van der Waals surface area contributed by atoms with Crippen LogP contribution in [0.5, 0.6) is 0 Å². The molecule has 0 aliphatic heterocycles. The van der Waals surface area contributed by atoms with Crippen molar-refractivity contribution in [3.05, 3.63) is 17.5 Å². The number of aryl methyl sites for hydroxylation is 1. The lowest BCUT2D eigenvalue weighted by Gasteiger charge is -2.05. The van der Waals surface area contributed by atoms with Crippen molar-refractivity contribution in [1.29, 1.82) is 0 Å². The summed E-state index contributed by atoms with van der Waals surface area (Å²) in [4.78, 5) is 0. The first-order valence-electron chi connectivity index (χ1n) is 5.01. The lowest BCUT2D eigenvalue weighted by atomic mass is 10.1. The molecule has 0 fully saturated rings. The van der Waals surface area contributed by atoms with E-state index in [1.807, 2.05) is 13.2 Å². The normalized spacial score (nSPS) is 10.7. The van der Waals surface area contributed by atoms with Crippen molar-refractivity contribution in [2.45, 2.75) is 39.8 Å². The second-order valence-electron chi connectivity index (χ2n) is 3.21. The average molecular weight is 181 g/mol. The second kappa shape index (κ2) is 5.02. The predicted molar refractivity (Wildman–Crippen MR) is 54.7 cm³/mol. The van der Waals surface area contributed by atoms with Gasteiger partial charge in [-0.25, -0.2) is 0 Å². The number of hydrogen-bond donors (Lipinski definition) is 1. The fourth-order valence-corrected chi connectivity index (χ4v) is 1.59. The summed E-state index contributed by atoms with van der Waals surface area (Å²) in [5, 5.41) is 7.52. The summed E-state index contributed by atoms with van der Waals surface area (Å²) >= 11 is 0. The van der Waals surface area contributed by atoms with E-state index in [-0.39, 0.29) is 0 Å². The molecule has 1 aromatic heterocycles. The van der Waals surface area contributed by atoms with Crippen LogP contribution in [0.1, 0.15) is 31.5 Å². The minimum atomic E-state index is 0.926. The third-order valence-electron chi connectivity index (χ3n) is 2.19. The Kier molecular flexibility index (Phi) is 3.96. The molecule has 0 aromatic carbocycles. The molecule has 13 heavy (non-hydrogen) atoms. The molecule has 3 nitrogen and oxygen atoms in total. The van der Waals surface area contributed by atoms with Crippen molar-refractivity contribution in [3.8, 4) is 0 Å². The van der Waals surface area contributed by atoms with Crippen molar-refractivity contribution >= 4 is 0 Å². The molecule has 0 unspecified atom stereocenters. The van der Waals surface area contributed by atoms with E-state index in [0.29, 0.717) is 0 Å². The molecule has 0 atom stereocenters. The molecule has 0 saturated carbocycles. The van der Waals surface area contributed by atoms with Gasteiger partial charge in [-0.2, -0.15) is 5.10 Å². The molecule has 0 bridgehead atoms. The van der Waals surface area contributed by atoms with Crippen LogP contribution in [0.2, 0.25) is 0 Å².